The first kappa shape index (κ1) is 22.3. The van der Waals surface area contributed by atoms with Crippen LogP contribution in [0.2, 0.25) is 0 Å². The number of halogens is 2. The van der Waals surface area contributed by atoms with Crippen molar-refractivity contribution in [3.05, 3.63) is 59.4 Å². The van der Waals surface area contributed by atoms with Gasteiger partial charge in [0.05, 0.1) is 14.2 Å². The summed E-state index contributed by atoms with van der Waals surface area (Å²) < 4.78 is 24.7. The third-order valence-electron chi connectivity index (χ3n) is 5.02. The zero-order valence-corrected chi connectivity index (χ0v) is 18.8. The topological polar surface area (TPSA) is 54.9 Å². The van der Waals surface area contributed by atoms with Crippen molar-refractivity contribution in [2.45, 2.75) is 24.8 Å². The highest BCUT2D eigenvalue weighted by Crippen LogP contribution is 2.48. The maximum Gasteiger partial charge on any atom is 0.191 e. The van der Waals surface area contributed by atoms with Gasteiger partial charge in [0, 0.05) is 25.6 Å². The molecule has 2 N–H and O–H groups in total. The third kappa shape index (κ3) is 5.06. The van der Waals surface area contributed by atoms with Gasteiger partial charge in [0.15, 0.2) is 17.5 Å². The van der Waals surface area contributed by atoms with E-state index in [0.29, 0.717) is 30.5 Å². The lowest BCUT2D eigenvalue weighted by Gasteiger charge is -2.19. The Morgan fingerprint density at radius 2 is 1.79 bits per heavy atom. The first-order chi connectivity index (χ1) is 13.1. The van der Waals surface area contributed by atoms with E-state index in [1.54, 1.807) is 27.3 Å². The number of methoxy groups -OCH3 is 2. The van der Waals surface area contributed by atoms with Gasteiger partial charge in [-0.3, -0.25) is 4.99 Å². The van der Waals surface area contributed by atoms with Crippen LogP contribution in [0.15, 0.2) is 47.5 Å². The Balaban J connectivity index is 0.00000280. The van der Waals surface area contributed by atoms with E-state index < -0.39 is 0 Å². The van der Waals surface area contributed by atoms with Crippen LogP contribution in [-0.4, -0.2) is 33.8 Å². The molecule has 1 fully saturated rings. The monoisotopic (exact) mass is 499 g/mol. The van der Waals surface area contributed by atoms with Gasteiger partial charge in [0.1, 0.15) is 5.82 Å². The summed E-state index contributed by atoms with van der Waals surface area (Å²) in [5, 5.41) is 6.63. The predicted octanol–water partition coefficient (Wildman–Crippen LogP) is 3.86. The standard InChI is InChI=1S/C21H26FN3O2.HI/c1-23-20(24-13-15-8-9-18(26-2)19(12-15)27-3)25-14-21(10-11-21)16-6-4-5-7-17(16)22;/h4-9,12H,10-11,13-14H2,1-3H3,(H2,23,24,25);1H. The summed E-state index contributed by atoms with van der Waals surface area (Å²) in [6.07, 6.45) is 1.96. The molecule has 0 bridgehead atoms. The van der Waals surface area contributed by atoms with Crippen molar-refractivity contribution in [1.82, 2.24) is 10.6 Å². The number of benzene rings is 2. The molecule has 1 saturated carbocycles. The van der Waals surface area contributed by atoms with E-state index in [0.717, 1.165) is 24.0 Å². The molecule has 2 aromatic rings. The highest BCUT2D eigenvalue weighted by Gasteiger charge is 2.45. The van der Waals surface area contributed by atoms with Crippen LogP contribution in [0.1, 0.15) is 24.0 Å². The van der Waals surface area contributed by atoms with Crippen molar-refractivity contribution < 1.29 is 13.9 Å². The number of hydrogen-bond acceptors (Lipinski definition) is 3. The van der Waals surface area contributed by atoms with Crippen LogP contribution in [0.4, 0.5) is 4.39 Å². The molecule has 0 radical (unpaired) electrons. The Hall–Kier alpha value is -2.03. The minimum absolute atomic E-state index is 0. The molecule has 152 valence electrons. The van der Waals surface area contributed by atoms with E-state index in [1.165, 1.54) is 6.07 Å². The molecule has 3 rings (SSSR count). The fourth-order valence-corrected chi connectivity index (χ4v) is 3.23. The van der Waals surface area contributed by atoms with Crippen molar-refractivity contribution >= 4 is 29.9 Å². The maximum absolute atomic E-state index is 14.1. The van der Waals surface area contributed by atoms with Gasteiger partial charge in [0.2, 0.25) is 0 Å². The highest BCUT2D eigenvalue weighted by molar-refractivity contribution is 14.0. The second kappa shape index (κ2) is 9.95. The lowest BCUT2D eigenvalue weighted by Crippen LogP contribution is -2.41. The molecule has 0 saturated heterocycles. The fourth-order valence-electron chi connectivity index (χ4n) is 3.23. The smallest absolute Gasteiger partial charge is 0.191 e. The molecular formula is C21H27FIN3O2. The molecule has 0 aromatic heterocycles. The molecule has 0 atom stereocenters. The summed E-state index contributed by atoms with van der Waals surface area (Å²) >= 11 is 0. The minimum atomic E-state index is -0.134. The Kier molecular flexibility index (Phi) is 7.91. The fraction of sp³-hybridized carbons (Fsp3) is 0.381. The summed E-state index contributed by atoms with van der Waals surface area (Å²) in [5.41, 5.74) is 1.70. The zero-order chi connectivity index (χ0) is 19.3. The van der Waals surface area contributed by atoms with Crippen molar-refractivity contribution in [2.24, 2.45) is 4.99 Å². The lowest BCUT2D eigenvalue weighted by molar-refractivity contribution is 0.354. The minimum Gasteiger partial charge on any atom is -0.493 e. The molecule has 28 heavy (non-hydrogen) atoms. The Morgan fingerprint density at radius 3 is 2.39 bits per heavy atom. The number of nitrogens with zero attached hydrogens (tertiary/aromatic N) is 1. The van der Waals surface area contributed by atoms with Crippen LogP contribution in [0.3, 0.4) is 0 Å². The van der Waals surface area contributed by atoms with Crippen LogP contribution in [0.5, 0.6) is 11.5 Å². The van der Waals surface area contributed by atoms with Gasteiger partial charge in [-0.15, -0.1) is 24.0 Å². The number of hydrogen-bond donors (Lipinski definition) is 2. The molecule has 0 amide bonds. The molecule has 0 unspecified atom stereocenters. The van der Waals surface area contributed by atoms with Crippen LogP contribution in [-0.2, 0) is 12.0 Å². The van der Waals surface area contributed by atoms with E-state index >= 15 is 0 Å². The van der Waals surface area contributed by atoms with Crippen LogP contribution in [0.25, 0.3) is 0 Å². The second-order valence-corrected chi connectivity index (χ2v) is 6.73. The van der Waals surface area contributed by atoms with Crippen molar-refractivity contribution in [3.8, 4) is 11.5 Å². The van der Waals surface area contributed by atoms with Crippen LogP contribution < -0.4 is 20.1 Å². The Labute approximate surface area is 182 Å². The quantitative estimate of drug-likeness (QED) is 0.345. The summed E-state index contributed by atoms with van der Waals surface area (Å²) in [6, 6.07) is 12.8. The van der Waals surface area contributed by atoms with Crippen LogP contribution in [0, 0.1) is 5.82 Å². The second-order valence-electron chi connectivity index (χ2n) is 6.73. The normalized spacial score (nSPS) is 14.6. The van der Waals surface area contributed by atoms with Crippen LogP contribution >= 0.6 is 24.0 Å². The highest BCUT2D eigenvalue weighted by atomic mass is 127. The molecular weight excluding hydrogens is 472 g/mol. The van der Waals surface area contributed by atoms with Gasteiger partial charge >= 0.3 is 0 Å². The maximum atomic E-state index is 14.1. The van der Waals surface area contributed by atoms with Crippen molar-refractivity contribution in [3.63, 3.8) is 0 Å². The number of nitrogens with one attached hydrogen (secondary N) is 2. The molecule has 0 aliphatic heterocycles. The van der Waals surface area contributed by atoms with Gasteiger partial charge in [-0.2, -0.15) is 0 Å². The summed E-state index contributed by atoms with van der Waals surface area (Å²) in [6.45, 7) is 1.24. The summed E-state index contributed by atoms with van der Waals surface area (Å²) in [4.78, 5) is 4.27. The Morgan fingerprint density at radius 1 is 1.07 bits per heavy atom. The molecule has 7 heteroatoms. The number of rotatable bonds is 7. The Bertz CT molecular complexity index is 825. The summed E-state index contributed by atoms with van der Waals surface area (Å²) in [7, 11) is 4.96. The van der Waals surface area contributed by atoms with E-state index in [1.807, 2.05) is 30.3 Å². The number of aliphatic imine (C=N–C) groups is 1. The first-order valence-electron chi connectivity index (χ1n) is 9.02. The van der Waals surface area contributed by atoms with Crippen molar-refractivity contribution in [2.75, 3.05) is 27.8 Å². The van der Waals surface area contributed by atoms with E-state index in [4.69, 9.17) is 9.47 Å². The molecule has 1 aliphatic rings. The average molecular weight is 499 g/mol. The van der Waals surface area contributed by atoms with Gasteiger partial charge in [0.25, 0.3) is 0 Å². The molecule has 1 aliphatic carbocycles. The zero-order valence-electron chi connectivity index (χ0n) is 16.4. The van der Waals surface area contributed by atoms with E-state index in [9.17, 15) is 4.39 Å². The van der Waals surface area contributed by atoms with Gasteiger partial charge in [-0.05, 0) is 42.2 Å². The lowest BCUT2D eigenvalue weighted by atomic mass is 9.95. The third-order valence-corrected chi connectivity index (χ3v) is 5.02. The van der Waals surface area contributed by atoms with Gasteiger partial charge < -0.3 is 20.1 Å². The predicted molar refractivity (Wildman–Crippen MR) is 120 cm³/mol. The molecule has 5 nitrogen and oxygen atoms in total. The summed E-state index contributed by atoms with van der Waals surface area (Å²) in [5.74, 6) is 1.94. The van der Waals surface area contributed by atoms with E-state index in [2.05, 4.69) is 15.6 Å². The van der Waals surface area contributed by atoms with Gasteiger partial charge in [-0.1, -0.05) is 24.3 Å². The molecule has 0 spiro atoms. The largest absolute Gasteiger partial charge is 0.493 e. The molecule has 2 aromatic carbocycles. The van der Waals surface area contributed by atoms with Crippen molar-refractivity contribution in [1.29, 1.82) is 0 Å². The molecule has 0 heterocycles. The SMILES string of the molecule is CN=C(NCc1ccc(OC)c(OC)c1)NCC1(c2ccccc2F)CC1.I. The number of ether oxygens (including phenoxy) is 2. The first-order valence-corrected chi connectivity index (χ1v) is 9.02. The van der Waals surface area contributed by atoms with E-state index in [-0.39, 0.29) is 35.2 Å². The van der Waals surface area contributed by atoms with Gasteiger partial charge in [-0.25, -0.2) is 4.39 Å². The average Bonchev–Trinajstić information content (AvgIpc) is 3.49. The number of guanidine groups is 1.